The van der Waals surface area contributed by atoms with Crippen molar-refractivity contribution in [3.8, 4) is 0 Å². The smallest absolute Gasteiger partial charge is 0.249 e. The Labute approximate surface area is 106 Å². The van der Waals surface area contributed by atoms with Crippen molar-refractivity contribution in [3.63, 3.8) is 0 Å². The van der Waals surface area contributed by atoms with Crippen molar-refractivity contribution in [2.24, 2.45) is 5.92 Å². The van der Waals surface area contributed by atoms with Crippen molar-refractivity contribution in [1.82, 2.24) is 10.3 Å². The van der Waals surface area contributed by atoms with Gasteiger partial charge in [-0.25, -0.2) is 0 Å². The fourth-order valence-electron chi connectivity index (χ4n) is 2.20. The number of rotatable bonds is 2. The zero-order chi connectivity index (χ0) is 13.3. The van der Waals surface area contributed by atoms with Crippen molar-refractivity contribution in [2.75, 3.05) is 5.32 Å². The highest BCUT2D eigenvalue weighted by Crippen LogP contribution is 2.20. The van der Waals surface area contributed by atoms with Gasteiger partial charge in [0.15, 0.2) is 0 Å². The topological polar surface area (TPSA) is 74.0 Å². The molecule has 0 aliphatic carbocycles. The Morgan fingerprint density at radius 2 is 2.11 bits per heavy atom. The molecule has 1 saturated heterocycles. The molecule has 1 amide bonds. The maximum atomic E-state index is 12.1. The number of H-pyrrole nitrogens is 1. The summed E-state index contributed by atoms with van der Waals surface area (Å²) in [4.78, 5) is 25.9. The van der Waals surface area contributed by atoms with Gasteiger partial charge in [0, 0.05) is 12.1 Å². The molecule has 0 radical (unpaired) electrons. The molecule has 5 heteroatoms. The van der Waals surface area contributed by atoms with E-state index in [1.54, 1.807) is 6.07 Å². The number of pyridine rings is 1. The molecule has 1 fully saturated rings. The van der Waals surface area contributed by atoms with Crippen LogP contribution in [0, 0.1) is 12.8 Å². The molecular weight excluding hydrogens is 230 g/mol. The van der Waals surface area contributed by atoms with E-state index in [1.165, 1.54) is 6.07 Å². The van der Waals surface area contributed by atoms with Crippen LogP contribution >= 0.6 is 0 Å². The van der Waals surface area contributed by atoms with E-state index in [0.29, 0.717) is 17.8 Å². The van der Waals surface area contributed by atoms with Crippen molar-refractivity contribution in [3.05, 3.63) is 28.0 Å². The molecule has 0 unspecified atom stereocenters. The second-order valence-electron chi connectivity index (χ2n) is 5.09. The molecule has 1 aromatic heterocycles. The number of hydrogen-bond acceptors (Lipinski definition) is 3. The molecular formula is C13H19N3O2. The number of amides is 1. The molecule has 0 aromatic carbocycles. The normalized spacial score (nSPS) is 27.2. The third-order valence-electron chi connectivity index (χ3n) is 3.62. The number of aryl methyl sites for hydroxylation is 1. The van der Waals surface area contributed by atoms with Crippen LogP contribution in [0.25, 0.3) is 0 Å². The lowest BCUT2D eigenvalue weighted by Crippen LogP contribution is -2.38. The van der Waals surface area contributed by atoms with Gasteiger partial charge in [-0.3, -0.25) is 9.59 Å². The highest BCUT2D eigenvalue weighted by atomic mass is 16.2. The molecule has 5 nitrogen and oxygen atoms in total. The first-order chi connectivity index (χ1) is 8.47. The number of aromatic amines is 1. The first-order valence-electron chi connectivity index (χ1n) is 6.24. The summed E-state index contributed by atoms with van der Waals surface area (Å²) in [6, 6.07) is 3.31. The van der Waals surface area contributed by atoms with Crippen molar-refractivity contribution >= 4 is 11.7 Å². The van der Waals surface area contributed by atoms with Gasteiger partial charge in [0.1, 0.15) is 5.82 Å². The van der Waals surface area contributed by atoms with Gasteiger partial charge in [0.2, 0.25) is 11.5 Å². The molecule has 3 atom stereocenters. The van der Waals surface area contributed by atoms with Crippen LogP contribution in [-0.4, -0.2) is 23.0 Å². The number of hydrogen-bond donors (Lipinski definition) is 3. The van der Waals surface area contributed by atoms with Crippen molar-refractivity contribution in [1.29, 1.82) is 0 Å². The molecule has 1 aliphatic rings. The molecule has 3 N–H and O–H groups in total. The van der Waals surface area contributed by atoms with Crippen LogP contribution in [-0.2, 0) is 4.79 Å². The fraction of sp³-hybridized carbons (Fsp3) is 0.538. The lowest BCUT2D eigenvalue weighted by atomic mass is 10.0. The summed E-state index contributed by atoms with van der Waals surface area (Å²) in [5, 5.41) is 6.03. The summed E-state index contributed by atoms with van der Waals surface area (Å²) in [7, 11) is 0. The molecule has 2 heterocycles. The van der Waals surface area contributed by atoms with Crippen LogP contribution in [0.2, 0.25) is 0 Å². The zero-order valence-corrected chi connectivity index (χ0v) is 10.9. The standard InChI is InChI=1S/C13H19N3O2/c1-7-4-5-11(17)15-12(7)16-13(18)10-6-8(2)9(3)14-10/h4-5,8-10,14H,6H2,1-3H3,(H2,15,16,17,18)/t8-,9+,10-/m0/s1. The highest BCUT2D eigenvalue weighted by molar-refractivity contribution is 5.94. The van der Waals surface area contributed by atoms with Gasteiger partial charge >= 0.3 is 0 Å². The van der Waals surface area contributed by atoms with Gasteiger partial charge in [-0.05, 0) is 31.7 Å². The Kier molecular flexibility index (Phi) is 3.52. The Morgan fingerprint density at radius 1 is 1.39 bits per heavy atom. The lowest BCUT2D eigenvalue weighted by Gasteiger charge is -2.13. The van der Waals surface area contributed by atoms with Gasteiger partial charge in [0.05, 0.1) is 6.04 Å². The third kappa shape index (κ3) is 2.61. The van der Waals surface area contributed by atoms with Crippen LogP contribution in [0.4, 0.5) is 5.82 Å². The highest BCUT2D eigenvalue weighted by Gasteiger charge is 2.32. The molecule has 1 aliphatic heterocycles. The van der Waals surface area contributed by atoms with Gasteiger partial charge in [-0.1, -0.05) is 13.0 Å². The predicted octanol–water partition coefficient (Wildman–Crippen LogP) is 1.01. The number of carbonyl (C=O) groups excluding carboxylic acids is 1. The summed E-state index contributed by atoms with van der Waals surface area (Å²) < 4.78 is 0. The van der Waals surface area contributed by atoms with Crippen LogP contribution < -0.4 is 16.2 Å². The molecule has 18 heavy (non-hydrogen) atoms. The Hall–Kier alpha value is -1.62. The SMILES string of the molecule is Cc1ccc(=O)[nH]c1NC(=O)[C@@H]1C[C@H](C)[C@@H](C)N1. The van der Waals surface area contributed by atoms with Crippen LogP contribution in [0.1, 0.15) is 25.8 Å². The lowest BCUT2D eigenvalue weighted by molar-refractivity contribution is -0.117. The number of aromatic nitrogens is 1. The number of anilines is 1. The third-order valence-corrected chi connectivity index (χ3v) is 3.62. The Balaban J connectivity index is 2.08. The largest absolute Gasteiger partial charge is 0.311 e. The summed E-state index contributed by atoms with van der Waals surface area (Å²) >= 11 is 0. The minimum Gasteiger partial charge on any atom is -0.311 e. The van der Waals surface area contributed by atoms with E-state index in [9.17, 15) is 9.59 Å². The van der Waals surface area contributed by atoms with E-state index in [0.717, 1.165) is 12.0 Å². The van der Waals surface area contributed by atoms with Gasteiger partial charge < -0.3 is 15.6 Å². The van der Waals surface area contributed by atoms with E-state index >= 15 is 0 Å². The van der Waals surface area contributed by atoms with Crippen LogP contribution in [0.15, 0.2) is 16.9 Å². The first kappa shape index (κ1) is 12.8. The van der Waals surface area contributed by atoms with E-state index in [4.69, 9.17) is 0 Å². The average molecular weight is 249 g/mol. The minimum atomic E-state index is -0.211. The van der Waals surface area contributed by atoms with E-state index < -0.39 is 0 Å². The monoisotopic (exact) mass is 249 g/mol. The van der Waals surface area contributed by atoms with Gasteiger partial charge in [-0.15, -0.1) is 0 Å². The fourth-order valence-corrected chi connectivity index (χ4v) is 2.20. The Morgan fingerprint density at radius 3 is 2.72 bits per heavy atom. The molecule has 0 bridgehead atoms. The van der Waals surface area contributed by atoms with E-state index in [1.807, 2.05) is 6.92 Å². The molecule has 0 spiro atoms. The first-order valence-corrected chi connectivity index (χ1v) is 6.24. The predicted molar refractivity (Wildman–Crippen MR) is 70.6 cm³/mol. The van der Waals surface area contributed by atoms with E-state index in [2.05, 4.69) is 29.5 Å². The Bertz CT molecular complexity index is 499. The summed E-state index contributed by atoms with van der Waals surface area (Å²) in [5.74, 6) is 0.884. The summed E-state index contributed by atoms with van der Waals surface area (Å²) in [6.07, 6.45) is 0.823. The number of nitrogens with one attached hydrogen (secondary N) is 3. The summed E-state index contributed by atoms with van der Waals surface area (Å²) in [5.41, 5.74) is 0.638. The average Bonchev–Trinajstić information content (AvgIpc) is 2.64. The van der Waals surface area contributed by atoms with Crippen LogP contribution in [0.5, 0.6) is 0 Å². The maximum Gasteiger partial charge on any atom is 0.249 e. The molecule has 98 valence electrons. The second kappa shape index (κ2) is 4.94. The second-order valence-corrected chi connectivity index (χ2v) is 5.09. The molecule has 0 saturated carbocycles. The van der Waals surface area contributed by atoms with Crippen LogP contribution in [0.3, 0.4) is 0 Å². The van der Waals surface area contributed by atoms with E-state index in [-0.39, 0.29) is 17.5 Å². The zero-order valence-electron chi connectivity index (χ0n) is 10.9. The van der Waals surface area contributed by atoms with Crippen molar-refractivity contribution < 1.29 is 4.79 Å². The number of carbonyl (C=O) groups is 1. The minimum absolute atomic E-state index is 0.0869. The maximum absolute atomic E-state index is 12.1. The van der Waals surface area contributed by atoms with Gasteiger partial charge in [-0.2, -0.15) is 0 Å². The van der Waals surface area contributed by atoms with Crippen molar-refractivity contribution in [2.45, 2.75) is 39.3 Å². The quantitative estimate of drug-likeness (QED) is 0.732. The molecule has 2 rings (SSSR count). The van der Waals surface area contributed by atoms with Gasteiger partial charge in [0.25, 0.3) is 0 Å². The molecule has 1 aromatic rings. The summed E-state index contributed by atoms with van der Waals surface area (Å²) in [6.45, 7) is 6.05.